The number of hydrogen-bond acceptors (Lipinski definition) is 8. The highest BCUT2D eigenvalue weighted by molar-refractivity contribution is 7.81. The van der Waals surface area contributed by atoms with Gasteiger partial charge in [0.1, 0.15) is 6.29 Å². The van der Waals surface area contributed by atoms with Crippen LogP contribution in [0.5, 0.6) is 0 Å². The van der Waals surface area contributed by atoms with Crippen LogP contribution in [-0.2, 0) is 16.1 Å². The number of carbonyl (C=O) groups excluding carboxylic acids is 2. The van der Waals surface area contributed by atoms with E-state index in [1.165, 1.54) is 11.3 Å². The number of thiol groups is 1. The number of hydrogen-bond donors (Lipinski definition) is 6. The van der Waals surface area contributed by atoms with Gasteiger partial charge in [0.05, 0.1) is 11.3 Å². The number of amides is 1. The molecule has 144 valence electrons. The molecule has 0 saturated carbocycles. The van der Waals surface area contributed by atoms with E-state index in [4.69, 9.17) is 18.0 Å². The Morgan fingerprint density at radius 2 is 2.22 bits per heavy atom. The van der Waals surface area contributed by atoms with Crippen LogP contribution in [0.3, 0.4) is 0 Å². The van der Waals surface area contributed by atoms with E-state index in [9.17, 15) is 9.59 Å². The van der Waals surface area contributed by atoms with Gasteiger partial charge in [-0.05, 0) is 29.9 Å². The summed E-state index contributed by atoms with van der Waals surface area (Å²) in [6.45, 7) is 0.416. The van der Waals surface area contributed by atoms with Gasteiger partial charge < -0.3 is 21.2 Å². The summed E-state index contributed by atoms with van der Waals surface area (Å²) in [5.74, 6) is -1.03. The van der Waals surface area contributed by atoms with Crippen LogP contribution >= 0.6 is 36.2 Å². The fourth-order valence-electron chi connectivity index (χ4n) is 2.09. The third-order valence-corrected chi connectivity index (χ3v) is 4.86. The second-order valence-electron chi connectivity index (χ2n) is 5.46. The van der Waals surface area contributed by atoms with E-state index >= 15 is 0 Å². The minimum absolute atomic E-state index is 0.0612. The lowest BCUT2D eigenvalue weighted by molar-refractivity contribution is -0.124. The number of hydrazine groups is 1. The van der Waals surface area contributed by atoms with Crippen LogP contribution in [0.2, 0.25) is 0 Å². The van der Waals surface area contributed by atoms with Crippen molar-refractivity contribution in [2.24, 2.45) is 11.7 Å². The van der Waals surface area contributed by atoms with Gasteiger partial charge in [0.15, 0.2) is 10.2 Å². The molecule has 2 rings (SSSR count). The van der Waals surface area contributed by atoms with Crippen molar-refractivity contribution in [2.45, 2.75) is 18.3 Å². The summed E-state index contributed by atoms with van der Waals surface area (Å²) in [4.78, 5) is 27.4. The first-order chi connectivity index (χ1) is 13.0. The second-order valence-corrected chi connectivity index (χ2v) is 7.32. The zero-order chi connectivity index (χ0) is 19.6. The van der Waals surface area contributed by atoms with E-state index in [-0.39, 0.29) is 11.5 Å². The maximum absolute atomic E-state index is 12.1. The number of nitrogens with two attached hydrogens (primary N) is 1. The van der Waals surface area contributed by atoms with Gasteiger partial charge >= 0.3 is 0 Å². The number of thiazole rings is 1. The molecule has 0 saturated heterocycles. The Morgan fingerprint density at radius 3 is 2.89 bits per heavy atom. The van der Waals surface area contributed by atoms with Crippen LogP contribution in [0.15, 0.2) is 35.8 Å². The SMILES string of the molecule is NCc1cccc(NC(=S)NNC(=O)CC(C=O)C(S)Nc2nccs2)c1. The van der Waals surface area contributed by atoms with E-state index in [2.05, 4.69) is 39.1 Å². The highest BCUT2D eigenvalue weighted by Crippen LogP contribution is 2.18. The molecule has 11 heteroatoms. The minimum atomic E-state index is -0.637. The van der Waals surface area contributed by atoms with Crippen LogP contribution in [0, 0.1) is 5.92 Å². The summed E-state index contributed by atoms with van der Waals surface area (Å²) in [7, 11) is 0. The molecule has 1 amide bonds. The largest absolute Gasteiger partial charge is 0.349 e. The number of aldehydes is 1. The lowest BCUT2D eigenvalue weighted by Gasteiger charge is -2.19. The summed E-state index contributed by atoms with van der Waals surface area (Å²) >= 11 is 10.9. The molecule has 2 atom stereocenters. The number of rotatable bonds is 8. The summed E-state index contributed by atoms with van der Waals surface area (Å²) in [5.41, 5.74) is 12.4. The molecular weight excluding hydrogens is 404 g/mol. The van der Waals surface area contributed by atoms with Crippen molar-refractivity contribution >= 4 is 64.3 Å². The molecule has 0 spiro atoms. The number of aromatic nitrogens is 1. The molecular formula is C16H20N6O2S3. The summed E-state index contributed by atoms with van der Waals surface area (Å²) in [6.07, 6.45) is 2.26. The minimum Gasteiger partial charge on any atom is -0.349 e. The number of anilines is 2. The normalized spacial score (nSPS) is 12.5. The van der Waals surface area contributed by atoms with Gasteiger partial charge in [-0.25, -0.2) is 4.98 Å². The Morgan fingerprint density at radius 1 is 1.41 bits per heavy atom. The molecule has 0 radical (unpaired) electrons. The molecule has 0 aliphatic heterocycles. The molecule has 2 aromatic rings. The fourth-order valence-corrected chi connectivity index (χ4v) is 3.21. The Hall–Kier alpha value is -2.21. The summed E-state index contributed by atoms with van der Waals surface area (Å²) in [6, 6.07) is 7.43. The molecule has 27 heavy (non-hydrogen) atoms. The Balaban J connectivity index is 1.77. The molecule has 1 aromatic carbocycles. The maximum Gasteiger partial charge on any atom is 0.239 e. The lowest BCUT2D eigenvalue weighted by Crippen LogP contribution is -2.45. The summed E-state index contributed by atoms with van der Waals surface area (Å²) in [5, 5.41) is 8.02. The highest BCUT2D eigenvalue weighted by Gasteiger charge is 2.21. The van der Waals surface area contributed by atoms with Crippen LogP contribution in [0.4, 0.5) is 10.8 Å². The second kappa shape index (κ2) is 10.8. The fraction of sp³-hybridized carbons (Fsp3) is 0.250. The van der Waals surface area contributed by atoms with E-state index < -0.39 is 17.2 Å². The third kappa shape index (κ3) is 7.13. The van der Waals surface area contributed by atoms with E-state index in [0.29, 0.717) is 18.0 Å². The number of carbonyl (C=O) groups is 2. The van der Waals surface area contributed by atoms with Crippen LogP contribution in [-0.4, -0.2) is 27.7 Å². The standard InChI is InChI=1S/C16H20N6O2S3/c17-8-10-2-1-3-12(6-10)19-15(26)22-21-13(24)7-11(9-23)14(25)20-16-18-4-5-27-16/h1-6,9,11,14,25H,7-8,17H2,(H,18,20)(H,21,24)(H2,19,22,26). The van der Waals surface area contributed by atoms with Crippen LogP contribution < -0.4 is 27.2 Å². The quantitative estimate of drug-likeness (QED) is 0.124. The molecule has 2 unspecified atom stereocenters. The molecule has 0 bridgehead atoms. The van der Waals surface area contributed by atoms with E-state index in [1.807, 2.05) is 24.3 Å². The molecule has 8 nitrogen and oxygen atoms in total. The molecule has 1 aromatic heterocycles. The van der Waals surface area contributed by atoms with Crippen molar-refractivity contribution in [1.29, 1.82) is 0 Å². The van der Waals surface area contributed by atoms with Gasteiger partial charge in [-0.3, -0.25) is 15.6 Å². The topological polar surface area (TPSA) is 121 Å². The first-order valence-corrected chi connectivity index (χ1v) is 9.76. The average molecular weight is 425 g/mol. The highest BCUT2D eigenvalue weighted by atomic mass is 32.1. The van der Waals surface area contributed by atoms with Crippen molar-refractivity contribution in [3.05, 3.63) is 41.4 Å². The zero-order valence-electron chi connectivity index (χ0n) is 14.2. The molecule has 0 aliphatic carbocycles. The van der Waals surface area contributed by atoms with Gasteiger partial charge in [-0.1, -0.05) is 12.1 Å². The monoisotopic (exact) mass is 424 g/mol. The van der Waals surface area contributed by atoms with Gasteiger partial charge in [0, 0.05) is 30.2 Å². The van der Waals surface area contributed by atoms with Crippen molar-refractivity contribution in [1.82, 2.24) is 15.8 Å². The molecule has 0 aliphatic rings. The van der Waals surface area contributed by atoms with Crippen molar-refractivity contribution in [3.63, 3.8) is 0 Å². The number of nitrogens with one attached hydrogen (secondary N) is 4. The number of benzene rings is 1. The first kappa shape index (κ1) is 21.1. The van der Waals surface area contributed by atoms with Crippen LogP contribution in [0.1, 0.15) is 12.0 Å². The van der Waals surface area contributed by atoms with Crippen LogP contribution in [0.25, 0.3) is 0 Å². The van der Waals surface area contributed by atoms with Gasteiger partial charge in [0.25, 0.3) is 0 Å². The Labute approximate surface area is 171 Å². The van der Waals surface area contributed by atoms with Crippen molar-refractivity contribution < 1.29 is 9.59 Å². The Bertz CT molecular complexity index is 771. The van der Waals surface area contributed by atoms with Crippen molar-refractivity contribution in [3.8, 4) is 0 Å². The predicted octanol–water partition coefficient (Wildman–Crippen LogP) is 1.49. The zero-order valence-corrected chi connectivity index (χ0v) is 16.7. The van der Waals surface area contributed by atoms with Gasteiger partial charge in [-0.15, -0.1) is 11.3 Å². The third-order valence-electron chi connectivity index (χ3n) is 3.44. The number of thiocarbonyl (C=S) groups is 1. The summed E-state index contributed by atoms with van der Waals surface area (Å²) < 4.78 is 0. The molecule has 0 fully saturated rings. The van der Waals surface area contributed by atoms with E-state index in [1.54, 1.807) is 11.6 Å². The van der Waals surface area contributed by atoms with Crippen molar-refractivity contribution in [2.75, 3.05) is 10.6 Å². The van der Waals surface area contributed by atoms with Gasteiger partial charge in [-0.2, -0.15) is 12.6 Å². The predicted molar refractivity (Wildman–Crippen MR) is 115 cm³/mol. The molecule has 1 heterocycles. The lowest BCUT2D eigenvalue weighted by atomic mass is 10.1. The molecule has 6 N–H and O–H groups in total. The Kier molecular flexibility index (Phi) is 8.45. The van der Waals surface area contributed by atoms with Gasteiger partial charge in [0.2, 0.25) is 5.91 Å². The number of nitrogens with zero attached hydrogens (tertiary/aromatic N) is 1. The average Bonchev–Trinajstić information content (AvgIpc) is 3.17. The van der Waals surface area contributed by atoms with E-state index in [0.717, 1.165) is 11.3 Å². The smallest absolute Gasteiger partial charge is 0.239 e. The first-order valence-electron chi connectivity index (χ1n) is 7.96. The maximum atomic E-state index is 12.1.